The number of aryl methyl sites for hydroxylation is 1. The van der Waals surface area contributed by atoms with Crippen LogP contribution in [0.1, 0.15) is 87.6 Å². The number of ether oxygens (including phenoxy) is 2. The van der Waals surface area contributed by atoms with Crippen LogP contribution in [0.2, 0.25) is 0 Å². The van der Waals surface area contributed by atoms with E-state index in [2.05, 4.69) is 13.8 Å². The van der Waals surface area contributed by atoms with Crippen LogP contribution < -0.4 is 9.47 Å². The first-order chi connectivity index (χ1) is 17.1. The van der Waals surface area contributed by atoms with Crippen molar-refractivity contribution < 1.29 is 24.2 Å². The molecule has 2 fully saturated rings. The molecule has 1 aliphatic carbocycles. The molecule has 1 heterocycles. The fraction of sp³-hybridized carbons (Fsp3) is 0.467. The molecule has 2 aliphatic rings. The van der Waals surface area contributed by atoms with Crippen LogP contribution >= 0.6 is 0 Å². The quantitative estimate of drug-likeness (QED) is 0.280. The average molecular weight is 492 g/mol. The first-order valence-electron chi connectivity index (χ1n) is 12.9. The normalized spacial score (nSPS) is 20.1. The third-order valence-electron chi connectivity index (χ3n) is 7.20. The predicted octanol–water partition coefficient (Wildman–Crippen LogP) is 6.28. The van der Waals surface area contributed by atoms with Crippen LogP contribution in [0.4, 0.5) is 0 Å². The van der Waals surface area contributed by atoms with Crippen molar-refractivity contribution in [1.82, 2.24) is 4.90 Å². The summed E-state index contributed by atoms with van der Waals surface area (Å²) in [6.45, 7) is 9.89. The van der Waals surface area contributed by atoms with Gasteiger partial charge in [0.1, 0.15) is 17.3 Å². The van der Waals surface area contributed by atoms with Gasteiger partial charge in [-0.05, 0) is 80.5 Å². The van der Waals surface area contributed by atoms with Gasteiger partial charge in [-0.3, -0.25) is 9.59 Å². The summed E-state index contributed by atoms with van der Waals surface area (Å²) in [6.07, 6.45) is 3.73. The van der Waals surface area contributed by atoms with E-state index in [1.165, 1.54) is 0 Å². The molecule has 1 unspecified atom stereocenters. The lowest BCUT2D eigenvalue weighted by atomic mass is 9.90. The molecule has 1 saturated carbocycles. The van der Waals surface area contributed by atoms with Gasteiger partial charge in [0.25, 0.3) is 11.7 Å². The number of carbonyl (C=O) groups is 2. The molecule has 0 spiro atoms. The number of rotatable bonds is 7. The topological polar surface area (TPSA) is 76.1 Å². The molecule has 36 heavy (non-hydrogen) atoms. The van der Waals surface area contributed by atoms with Crippen molar-refractivity contribution in [3.8, 4) is 11.5 Å². The largest absolute Gasteiger partial charge is 0.507 e. The Bertz CT molecular complexity index is 1190. The zero-order valence-corrected chi connectivity index (χ0v) is 22.1. The van der Waals surface area contributed by atoms with Gasteiger partial charge in [-0.2, -0.15) is 0 Å². The van der Waals surface area contributed by atoms with Crippen LogP contribution in [0.15, 0.2) is 42.0 Å². The summed E-state index contributed by atoms with van der Waals surface area (Å²) in [5, 5.41) is 11.7. The minimum atomic E-state index is -0.673. The van der Waals surface area contributed by atoms with Gasteiger partial charge < -0.3 is 19.5 Å². The molecular formula is C30H37NO5. The smallest absolute Gasteiger partial charge is 0.295 e. The predicted molar refractivity (Wildman–Crippen MR) is 140 cm³/mol. The lowest BCUT2D eigenvalue weighted by Gasteiger charge is -2.31. The number of aliphatic hydroxyl groups is 1. The van der Waals surface area contributed by atoms with Crippen molar-refractivity contribution in [3.05, 3.63) is 64.2 Å². The maximum atomic E-state index is 13.5. The third kappa shape index (κ3) is 4.73. The number of methoxy groups -OCH3 is 1. The van der Waals surface area contributed by atoms with Crippen molar-refractivity contribution in [2.24, 2.45) is 0 Å². The number of nitrogens with zero attached hydrogens (tertiary/aromatic N) is 1. The zero-order chi connectivity index (χ0) is 26.1. The SMILES string of the molecule is COc1cc(C)c(/C(O)=C2\C(=O)C(=O)N(C3CCCC3)C2c2cccc(OC(C)C)c2)cc1C(C)C. The summed E-state index contributed by atoms with van der Waals surface area (Å²) in [6, 6.07) is 10.6. The van der Waals surface area contributed by atoms with Crippen LogP contribution in [-0.4, -0.2) is 41.0 Å². The molecule has 0 bridgehead atoms. The molecule has 1 saturated heterocycles. The molecule has 1 atom stereocenters. The Morgan fingerprint density at radius 3 is 2.36 bits per heavy atom. The number of carbonyl (C=O) groups excluding carboxylic acids is 2. The lowest BCUT2D eigenvalue weighted by Crippen LogP contribution is -2.37. The summed E-state index contributed by atoms with van der Waals surface area (Å²) in [5.74, 6) is 0.229. The van der Waals surface area contributed by atoms with Crippen molar-refractivity contribution in [2.45, 2.75) is 84.4 Å². The molecule has 2 aromatic rings. The van der Waals surface area contributed by atoms with Crippen LogP contribution in [0, 0.1) is 6.92 Å². The molecular weight excluding hydrogens is 454 g/mol. The van der Waals surface area contributed by atoms with Crippen molar-refractivity contribution >= 4 is 17.4 Å². The van der Waals surface area contributed by atoms with E-state index in [0.29, 0.717) is 11.3 Å². The number of hydrogen-bond acceptors (Lipinski definition) is 5. The summed E-state index contributed by atoms with van der Waals surface area (Å²) < 4.78 is 11.5. The highest BCUT2D eigenvalue weighted by Gasteiger charge is 2.49. The number of amides is 1. The number of aliphatic hydroxyl groups excluding tert-OH is 1. The second-order valence-electron chi connectivity index (χ2n) is 10.4. The molecule has 1 N–H and O–H groups in total. The van der Waals surface area contributed by atoms with Crippen LogP contribution in [-0.2, 0) is 9.59 Å². The first-order valence-corrected chi connectivity index (χ1v) is 12.9. The molecule has 1 amide bonds. The highest BCUT2D eigenvalue weighted by atomic mass is 16.5. The minimum Gasteiger partial charge on any atom is -0.507 e. The van der Waals surface area contributed by atoms with Crippen LogP contribution in [0.25, 0.3) is 5.76 Å². The van der Waals surface area contributed by atoms with E-state index in [1.807, 2.05) is 57.2 Å². The van der Waals surface area contributed by atoms with Gasteiger partial charge in [0.15, 0.2) is 0 Å². The molecule has 192 valence electrons. The van der Waals surface area contributed by atoms with Gasteiger partial charge in [0, 0.05) is 11.6 Å². The Morgan fingerprint density at radius 2 is 1.75 bits per heavy atom. The number of benzene rings is 2. The van der Waals surface area contributed by atoms with Gasteiger partial charge in [-0.15, -0.1) is 0 Å². The molecule has 6 nitrogen and oxygen atoms in total. The van der Waals surface area contributed by atoms with Gasteiger partial charge in [0.05, 0.1) is 24.8 Å². The fourth-order valence-corrected chi connectivity index (χ4v) is 5.49. The maximum absolute atomic E-state index is 13.5. The number of Topliss-reactive ketones (excluding diaryl/α,β-unsaturated/α-hetero) is 1. The van der Waals surface area contributed by atoms with Gasteiger partial charge >= 0.3 is 0 Å². The van der Waals surface area contributed by atoms with E-state index < -0.39 is 17.7 Å². The number of ketones is 1. The average Bonchev–Trinajstić information content (AvgIpc) is 3.44. The lowest BCUT2D eigenvalue weighted by molar-refractivity contribution is -0.141. The fourth-order valence-electron chi connectivity index (χ4n) is 5.49. The van der Waals surface area contributed by atoms with Crippen LogP contribution in [0.3, 0.4) is 0 Å². The van der Waals surface area contributed by atoms with E-state index in [9.17, 15) is 14.7 Å². The van der Waals surface area contributed by atoms with Crippen LogP contribution in [0.5, 0.6) is 11.5 Å². The number of likely N-dealkylation sites (tertiary alicyclic amines) is 1. The highest BCUT2D eigenvalue weighted by molar-refractivity contribution is 6.46. The molecule has 1 aliphatic heterocycles. The summed E-state index contributed by atoms with van der Waals surface area (Å²) in [4.78, 5) is 28.7. The highest BCUT2D eigenvalue weighted by Crippen LogP contribution is 2.45. The molecule has 6 heteroatoms. The maximum Gasteiger partial charge on any atom is 0.295 e. The molecule has 2 aromatic carbocycles. The molecule has 0 aromatic heterocycles. The van der Waals surface area contributed by atoms with E-state index in [4.69, 9.17) is 9.47 Å². The van der Waals surface area contributed by atoms with Gasteiger partial charge in [-0.25, -0.2) is 0 Å². The first kappa shape index (κ1) is 25.8. The standard InChI is InChI=1S/C30H37NO5/c1-17(2)23-16-24(19(5)14-25(23)35-6)28(32)26-27(20-10-9-13-22(15-20)36-18(3)4)31(30(34)29(26)33)21-11-7-8-12-21/h9-10,13-18,21,27,32H,7-8,11-12H2,1-6H3/b28-26+. The Morgan fingerprint density at radius 1 is 1.06 bits per heavy atom. The monoisotopic (exact) mass is 491 g/mol. The Labute approximate surface area is 213 Å². The van der Waals surface area contributed by atoms with E-state index >= 15 is 0 Å². The van der Waals surface area contributed by atoms with E-state index in [0.717, 1.165) is 48.1 Å². The van der Waals surface area contributed by atoms with Crippen molar-refractivity contribution in [2.75, 3.05) is 7.11 Å². The van der Waals surface area contributed by atoms with Gasteiger partial charge in [0.2, 0.25) is 0 Å². The second kappa shape index (κ2) is 10.4. The summed E-state index contributed by atoms with van der Waals surface area (Å²) >= 11 is 0. The minimum absolute atomic E-state index is 0.0159. The third-order valence-corrected chi connectivity index (χ3v) is 7.20. The number of hydrogen-bond donors (Lipinski definition) is 1. The van der Waals surface area contributed by atoms with E-state index in [1.54, 1.807) is 12.0 Å². The Kier molecular flexibility index (Phi) is 7.43. The van der Waals surface area contributed by atoms with E-state index in [-0.39, 0.29) is 29.4 Å². The van der Waals surface area contributed by atoms with Gasteiger partial charge in [-0.1, -0.05) is 38.8 Å². The van der Waals surface area contributed by atoms with Crippen molar-refractivity contribution in [1.29, 1.82) is 0 Å². The summed E-state index contributed by atoms with van der Waals surface area (Å²) in [7, 11) is 1.62. The Hall–Kier alpha value is -3.28. The second-order valence-corrected chi connectivity index (χ2v) is 10.4. The molecule has 4 rings (SSSR count). The molecule has 0 radical (unpaired) electrons. The van der Waals surface area contributed by atoms with Crippen molar-refractivity contribution in [3.63, 3.8) is 0 Å². The summed E-state index contributed by atoms with van der Waals surface area (Å²) in [5.41, 5.74) is 3.14. The zero-order valence-electron chi connectivity index (χ0n) is 22.1. The Balaban J connectivity index is 1.92.